The van der Waals surface area contributed by atoms with Crippen LogP contribution in [0.25, 0.3) is 22.2 Å². The highest BCUT2D eigenvalue weighted by molar-refractivity contribution is 8.00. The molecule has 5 heteroatoms. The van der Waals surface area contributed by atoms with Gasteiger partial charge in [-0.05, 0) is 18.2 Å². The number of pyridine rings is 1. The average Bonchev–Trinajstić information content (AvgIpc) is 2.79. The molecule has 0 unspecified atom stereocenters. The van der Waals surface area contributed by atoms with Crippen molar-refractivity contribution in [3.63, 3.8) is 0 Å². The smallest absolute Gasteiger partial charge is 0.130 e. The van der Waals surface area contributed by atoms with Crippen LogP contribution in [0.1, 0.15) is 0 Å². The van der Waals surface area contributed by atoms with Gasteiger partial charge in [-0.1, -0.05) is 11.8 Å². The highest BCUT2D eigenvalue weighted by atomic mass is 32.2. The lowest BCUT2D eigenvalue weighted by Crippen LogP contribution is -1.91. The molecule has 0 radical (unpaired) electrons. The molecule has 0 bridgehead atoms. The van der Waals surface area contributed by atoms with E-state index in [1.54, 1.807) is 18.5 Å². The molecule has 2 N–H and O–H groups in total. The first-order valence-electron chi connectivity index (χ1n) is 5.17. The zero-order chi connectivity index (χ0) is 11.4. The summed E-state index contributed by atoms with van der Waals surface area (Å²) >= 11 is 1.53. The number of aromatic nitrogens is 3. The van der Waals surface area contributed by atoms with Crippen molar-refractivity contribution in [1.82, 2.24) is 15.2 Å². The molecule has 1 aliphatic heterocycles. The van der Waals surface area contributed by atoms with E-state index in [1.807, 2.05) is 12.1 Å². The second-order valence-electron chi connectivity index (χ2n) is 3.88. The summed E-state index contributed by atoms with van der Waals surface area (Å²) in [5.41, 5.74) is 2.90. The van der Waals surface area contributed by atoms with E-state index in [9.17, 15) is 5.11 Å². The highest BCUT2D eigenvalue weighted by Gasteiger charge is 2.23. The molecule has 4 rings (SSSR count). The number of fused-ring (bicyclic) bond motifs is 2. The summed E-state index contributed by atoms with van der Waals surface area (Å²) < 4.78 is 0. The monoisotopic (exact) mass is 241 g/mol. The normalized spacial score (nSPS) is 12.7. The number of benzene rings is 1. The van der Waals surface area contributed by atoms with Gasteiger partial charge in [0, 0.05) is 28.2 Å². The van der Waals surface area contributed by atoms with Crippen LogP contribution in [0, 0.1) is 0 Å². The number of rotatable bonds is 0. The van der Waals surface area contributed by atoms with Gasteiger partial charge < -0.3 is 5.11 Å². The molecule has 0 amide bonds. The Morgan fingerprint density at radius 1 is 1.24 bits per heavy atom. The average molecular weight is 241 g/mol. The predicted octanol–water partition coefficient (Wildman–Crippen LogP) is 2.80. The maximum Gasteiger partial charge on any atom is 0.130 e. The van der Waals surface area contributed by atoms with E-state index in [0.717, 1.165) is 32.0 Å². The van der Waals surface area contributed by atoms with Gasteiger partial charge in [-0.2, -0.15) is 5.10 Å². The second kappa shape index (κ2) is 3.01. The first-order chi connectivity index (χ1) is 8.34. The molecule has 2 aromatic heterocycles. The number of H-pyrrole nitrogens is 1. The summed E-state index contributed by atoms with van der Waals surface area (Å²) in [6, 6.07) is 5.48. The minimum Gasteiger partial charge on any atom is -0.507 e. The van der Waals surface area contributed by atoms with Crippen LogP contribution in [-0.2, 0) is 0 Å². The lowest BCUT2D eigenvalue weighted by atomic mass is 10.1. The van der Waals surface area contributed by atoms with Crippen LogP contribution in [0.4, 0.5) is 0 Å². The van der Waals surface area contributed by atoms with Crippen LogP contribution >= 0.6 is 11.8 Å². The van der Waals surface area contributed by atoms with Crippen LogP contribution in [-0.4, -0.2) is 20.3 Å². The van der Waals surface area contributed by atoms with E-state index in [2.05, 4.69) is 15.2 Å². The Bertz CT molecular complexity index is 751. The minimum atomic E-state index is 0.291. The molecule has 4 nitrogen and oxygen atoms in total. The Hall–Kier alpha value is -2.01. The van der Waals surface area contributed by atoms with Crippen LogP contribution in [0.2, 0.25) is 0 Å². The van der Waals surface area contributed by atoms with Crippen LogP contribution in [0.3, 0.4) is 0 Å². The summed E-state index contributed by atoms with van der Waals surface area (Å²) in [5, 5.41) is 18.2. The molecule has 17 heavy (non-hydrogen) atoms. The van der Waals surface area contributed by atoms with Crippen molar-refractivity contribution in [2.24, 2.45) is 0 Å². The number of hydrogen-bond donors (Lipinski definition) is 2. The van der Waals surface area contributed by atoms with Crippen molar-refractivity contribution in [2.45, 2.75) is 9.79 Å². The molecule has 82 valence electrons. The fourth-order valence-electron chi connectivity index (χ4n) is 2.14. The summed E-state index contributed by atoms with van der Waals surface area (Å²) in [5.74, 6) is 0.291. The van der Waals surface area contributed by atoms with Gasteiger partial charge >= 0.3 is 0 Å². The molecule has 1 aliphatic rings. The number of nitrogens with one attached hydrogen (secondary N) is 1. The minimum absolute atomic E-state index is 0.291. The Labute approximate surface area is 101 Å². The molecule has 0 saturated carbocycles. The lowest BCUT2D eigenvalue weighted by Gasteiger charge is -2.15. The van der Waals surface area contributed by atoms with Gasteiger partial charge in [0.2, 0.25) is 0 Å². The van der Waals surface area contributed by atoms with E-state index in [1.165, 1.54) is 11.8 Å². The van der Waals surface area contributed by atoms with Crippen LogP contribution < -0.4 is 0 Å². The Morgan fingerprint density at radius 3 is 3.12 bits per heavy atom. The zero-order valence-corrected chi connectivity index (χ0v) is 9.45. The van der Waals surface area contributed by atoms with Crippen molar-refractivity contribution >= 4 is 22.7 Å². The van der Waals surface area contributed by atoms with Gasteiger partial charge in [0.05, 0.1) is 10.4 Å². The number of phenolic OH excluding ortho intramolecular Hbond substituents is 1. The number of aromatic amines is 1. The quantitative estimate of drug-likeness (QED) is 0.497. The standard InChI is InChI=1S/C12H7N3OS/c16-8-2-1-7-10-11(15-14-7)6-3-4-13-5-9(6)17-12(8)10/h1-5,16H,(H,14,15). The Balaban J connectivity index is 2.21. The molecule has 3 heterocycles. The Kier molecular flexibility index (Phi) is 1.61. The highest BCUT2D eigenvalue weighted by Crippen LogP contribution is 2.49. The van der Waals surface area contributed by atoms with Crippen molar-refractivity contribution in [3.8, 4) is 17.0 Å². The third kappa shape index (κ3) is 1.09. The number of aromatic hydroxyl groups is 1. The van der Waals surface area contributed by atoms with E-state index in [-0.39, 0.29) is 0 Å². The van der Waals surface area contributed by atoms with E-state index < -0.39 is 0 Å². The fourth-order valence-corrected chi connectivity index (χ4v) is 3.23. The second-order valence-corrected chi connectivity index (χ2v) is 4.93. The first kappa shape index (κ1) is 9.07. The van der Waals surface area contributed by atoms with Gasteiger partial charge in [-0.15, -0.1) is 0 Å². The molecule has 0 fully saturated rings. The molecule has 0 atom stereocenters. The molecule has 0 saturated heterocycles. The van der Waals surface area contributed by atoms with Crippen LogP contribution in [0.5, 0.6) is 5.75 Å². The predicted molar refractivity (Wildman–Crippen MR) is 65.1 cm³/mol. The van der Waals surface area contributed by atoms with Gasteiger partial charge in [-0.3, -0.25) is 10.1 Å². The van der Waals surface area contributed by atoms with Crippen LogP contribution in [0.15, 0.2) is 40.4 Å². The summed E-state index contributed by atoms with van der Waals surface area (Å²) in [6.07, 6.45) is 3.56. The van der Waals surface area contributed by atoms with Crippen molar-refractivity contribution in [2.75, 3.05) is 0 Å². The molecule has 1 aromatic carbocycles. The molecular weight excluding hydrogens is 234 g/mol. The van der Waals surface area contributed by atoms with Gasteiger partial charge in [0.25, 0.3) is 0 Å². The number of hydrogen-bond acceptors (Lipinski definition) is 4. The molecule has 3 aromatic rings. The maximum atomic E-state index is 9.93. The molecule has 0 spiro atoms. The van der Waals surface area contributed by atoms with E-state index in [0.29, 0.717) is 5.75 Å². The number of phenols is 1. The summed E-state index contributed by atoms with van der Waals surface area (Å²) in [4.78, 5) is 5.99. The van der Waals surface area contributed by atoms with Gasteiger partial charge in [0.1, 0.15) is 11.4 Å². The van der Waals surface area contributed by atoms with E-state index in [4.69, 9.17) is 0 Å². The topological polar surface area (TPSA) is 61.8 Å². The first-order valence-corrected chi connectivity index (χ1v) is 5.98. The SMILES string of the molecule is Oc1ccc2[nH]nc3c2c1Sc1cnccc1-3. The van der Waals surface area contributed by atoms with Crippen molar-refractivity contribution < 1.29 is 5.11 Å². The van der Waals surface area contributed by atoms with Gasteiger partial charge in [-0.25, -0.2) is 0 Å². The third-order valence-electron chi connectivity index (χ3n) is 2.91. The van der Waals surface area contributed by atoms with E-state index >= 15 is 0 Å². The van der Waals surface area contributed by atoms with Crippen molar-refractivity contribution in [1.29, 1.82) is 0 Å². The third-order valence-corrected chi connectivity index (χ3v) is 4.08. The van der Waals surface area contributed by atoms with Crippen molar-refractivity contribution in [3.05, 3.63) is 30.6 Å². The fraction of sp³-hybridized carbons (Fsp3) is 0. The Morgan fingerprint density at radius 2 is 2.18 bits per heavy atom. The number of nitrogens with zero attached hydrogens (tertiary/aromatic N) is 2. The summed E-state index contributed by atoms with van der Waals surface area (Å²) in [6.45, 7) is 0. The molecule has 0 aliphatic carbocycles. The summed E-state index contributed by atoms with van der Waals surface area (Å²) in [7, 11) is 0. The van der Waals surface area contributed by atoms with Gasteiger partial charge in [0.15, 0.2) is 0 Å². The largest absolute Gasteiger partial charge is 0.507 e. The zero-order valence-electron chi connectivity index (χ0n) is 8.64. The maximum absolute atomic E-state index is 9.93. The lowest BCUT2D eigenvalue weighted by molar-refractivity contribution is 0.464. The molecular formula is C12H7N3OS.